The lowest BCUT2D eigenvalue weighted by Gasteiger charge is -2.11. The van der Waals surface area contributed by atoms with Crippen LogP contribution in [0.2, 0.25) is 0 Å². The van der Waals surface area contributed by atoms with E-state index in [9.17, 15) is 9.90 Å². The monoisotopic (exact) mass is 295 g/mol. The maximum absolute atomic E-state index is 11.8. The van der Waals surface area contributed by atoms with Gasteiger partial charge >= 0.3 is 6.03 Å². The number of hydrogen-bond acceptors (Lipinski definition) is 5. The molecule has 0 aliphatic carbocycles. The summed E-state index contributed by atoms with van der Waals surface area (Å²) in [5.74, 6) is 0.635. The van der Waals surface area contributed by atoms with Crippen LogP contribution in [-0.2, 0) is 6.42 Å². The highest BCUT2D eigenvalue weighted by molar-refractivity contribution is 7.07. The van der Waals surface area contributed by atoms with Crippen LogP contribution < -0.4 is 10.6 Å². The zero-order valence-electron chi connectivity index (χ0n) is 11.3. The van der Waals surface area contributed by atoms with Crippen LogP contribution in [-0.4, -0.2) is 22.8 Å². The van der Waals surface area contributed by atoms with Gasteiger partial charge in [-0.1, -0.05) is 12.1 Å². The SMILES string of the molecule is CCc1onc(C)c1NC(=O)NCC(O)c1ccsc1. The second-order valence-electron chi connectivity index (χ2n) is 4.33. The summed E-state index contributed by atoms with van der Waals surface area (Å²) in [5, 5.41) is 22.7. The molecule has 0 fully saturated rings. The Morgan fingerprint density at radius 3 is 3.05 bits per heavy atom. The maximum Gasteiger partial charge on any atom is 0.319 e. The Kier molecular flexibility index (Phi) is 4.75. The lowest BCUT2D eigenvalue weighted by Crippen LogP contribution is -2.32. The van der Waals surface area contributed by atoms with Crippen LogP contribution in [0.5, 0.6) is 0 Å². The molecule has 0 saturated carbocycles. The van der Waals surface area contributed by atoms with E-state index in [1.165, 1.54) is 11.3 Å². The lowest BCUT2D eigenvalue weighted by atomic mass is 10.2. The molecule has 0 radical (unpaired) electrons. The van der Waals surface area contributed by atoms with Crippen LogP contribution in [0.4, 0.5) is 10.5 Å². The van der Waals surface area contributed by atoms with E-state index in [0.717, 1.165) is 5.56 Å². The van der Waals surface area contributed by atoms with Gasteiger partial charge in [0.1, 0.15) is 11.4 Å². The molecule has 2 amide bonds. The van der Waals surface area contributed by atoms with Crippen molar-refractivity contribution in [3.63, 3.8) is 0 Å². The number of nitrogens with zero attached hydrogens (tertiary/aromatic N) is 1. The Bertz CT molecular complexity index is 565. The first-order valence-electron chi connectivity index (χ1n) is 6.32. The van der Waals surface area contributed by atoms with Crippen molar-refractivity contribution in [2.75, 3.05) is 11.9 Å². The Balaban J connectivity index is 1.88. The van der Waals surface area contributed by atoms with Crippen molar-refractivity contribution in [1.82, 2.24) is 10.5 Å². The van der Waals surface area contributed by atoms with Gasteiger partial charge in [0, 0.05) is 13.0 Å². The number of aliphatic hydroxyl groups excluding tert-OH is 1. The topological polar surface area (TPSA) is 87.4 Å². The summed E-state index contributed by atoms with van der Waals surface area (Å²) in [7, 11) is 0. The van der Waals surface area contributed by atoms with E-state index in [2.05, 4.69) is 15.8 Å². The van der Waals surface area contributed by atoms with Crippen molar-refractivity contribution in [3.05, 3.63) is 33.8 Å². The number of aromatic nitrogens is 1. The minimum atomic E-state index is -0.707. The van der Waals surface area contributed by atoms with Gasteiger partial charge in [0.25, 0.3) is 0 Å². The largest absolute Gasteiger partial charge is 0.387 e. The highest BCUT2D eigenvalue weighted by Crippen LogP contribution is 2.20. The van der Waals surface area contributed by atoms with E-state index in [1.807, 2.05) is 23.8 Å². The van der Waals surface area contributed by atoms with E-state index in [4.69, 9.17) is 4.52 Å². The number of aliphatic hydroxyl groups is 1. The second-order valence-corrected chi connectivity index (χ2v) is 5.11. The van der Waals surface area contributed by atoms with Crippen LogP contribution >= 0.6 is 11.3 Å². The molecule has 0 saturated heterocycles. The highest BCUT2D eigenvalue weighted by atomic mass is 32.1. The zero-order chi connectivity index (χ0) is 14.5. The van der Waals surface area contributed by atoms with Crippen LogP contribution in [0, 0.1) is 6.92 Å². The number of carbonyl (C=O) groups excluding carboxylic acids is 1. The van der Waals surface area contributed by atoms with Crippen molar-refractivity contribution in [2.24, 2.45) is 0 Å². The average Bonchev–Trinajstić information content (AvgIpc) is 3.07. The number of aryl methyl sites for hydroxylation is 2. The normalized spacial score (nSPS) is 12.2. The average molecular weight is 295 g/mol. The molecule has 0 aliphatic heterocycles. The molecule has 0 aromatic carbocycles. The van der Waals surface area contributed by atoms with Crippen molar-refractivity contribution >= 4 is 23.1 Å². The van der Waals surface area contributed by atoms with Crippen molar-refractivity contribution < 1.29 is 14.4 Å². The fraction of sp³-hybridized carbons (Fsp3) is 0.385. The van der Waals surface area contributed by atoms with Crippen LogP contribution in [0.25, 0.3) is 0 Å². The van der Waals surface area contributed by atoms with E-state index in [1.54, 1.807) is 6.92 Å². The highest BCUT2D eigenvalue weighted by Gasteiger charge is 2.15. The van der Waals surface area contributed by atoms with E-state index < -0.39 is 6.10 Å². The van der Waals surface area contributed by atoms with Gasteiger partial charge in [0.15, 0.2) is 5.76 Å². The molecule has 20 heavy (non-hydrogen) atoms. The lowest BCUT2D eigenvalue weighted by molar-refractivity contribution is 0.175. The summed E-state index contributed by atoms with van der Waals surface area (Å²) in [5.41, 5.74) is 2.02. The molecule has 6 nitrogen and oxygen atoms in total. The van der Waals surface area contributed by atoms with Gasteiger partial charge in [0.2, 0.25) is 0 Å². The Labute approximate surface area is 120 Å². The molecule has 2 aromatic rings. The second kappa shape index (κ2) is 6.53. The minimum absolute atomic E-state index is 0.147. The van der Waals surface area contributed by atoms with E-state index in [0.29, 0.717) is 23.6 Å². The van der Waals surface area contributed by atoms with Gasteiger partial charge < -0.3 is 20.3 Å². The predicted octanol–water partition coefficient (Wildman–Crippen LogP) is 2.46. The molecule has 1 unspecified atom stereocenters. The summed E-state index contributed by atoms with van der Waals surface area (Å²) in [6, 6.07) is 1.44. The third kappa shape index (κ3) is 3.37. The molecular weight excluding hydrogens is 278 g/mol. The Hall–Kier alpha value is -1.86. The van der Waals surface area contributed by atoms with Crippen molar-refractivity contribution in [2.45, 2.75) is 26.4 Å². The molecule has 2 rings (SSSR count). The van der Waals surface area contributed by atoms with E-state index in [-0.39, 0.29) is 12.6 Å². The first-order chi connectivity index (χ1) is 9.61. The summed E-state index contributed by atoms with van der Waals surface area (Å²) in [6.45, 7) is 3.83. The molecule has 0 aliphatic rings. The number of amides is 2. The van der Waals surface area contributed by atoms with Crippen LogP contribution in [0.15, 0.2) is 21.3 Å². The maximum atomic E-state index is 11.8. The van der Waals surface area contributed by atoms with Crippen molar-refractivity contribution in [3.8, 4) is 0 Å². The predicted molar refractivity (Wildman–Crippen MR) is 76.9 cm³/mol. The van der Waals surface area contributed by atoms with Gasteiger partial charge in [-0.05, 0) is 29.3 Å². The first-order valence-corrected chi connectivity index (χ1v) is 7.26. The summed E-state index contributed by atoms with van der Waals surface area (Å²) in [6.07, 6.45) is -0.0604. The number of anilines is 1. The summed E-state index contributed by atoms with van der Waals surface area (Å²) >= 11 is 1.50. The number of rotatable bonds is 5. The minimum Gasteiger partial charge on any atom is -0.387 e. The third-order valence-corrected chi connectivity index (χ3v) is 3.58. The fourth-order valence-corrected chi connectivity index (χ4v) is 2.45. The van der Waals surface area contributed by atoms with Gasteiger partial charge in [-0.2, -0.15) is 11.3 Å². The van der Waals surface area contributed by atoms with Crippen molar-refractivity contribution in [1.29, 1.82) is 0 Å². The number of nitrogens with one attached hydrogen (secondary N) is 2. The number of carbonyl (C=O) groups is 1. The molecule has 0 spiro atoms. The third-order valence-electron chi connectivity index (χ3n) is 2.88. The fourth-order valence-electron chi connectivity index (χ4n) is 1.75. The molecule has 108 valence electrons. The first kappa shape index (κ1) is 14.5. The molecule has 2 aromatic heterocycles. The van der Waals surface area contributed by atoms with Gasteiger partial charge in [-0.25, -0.2) is 4.79 Å². The molecule has 1 atom stereocenters. The smallest absolute Gasteiger partial charge is 0.319 e. The van der Waals surface area contributed by atoms with Gasteiger partial charge in [-0.15, -0.1) is 0 Å². The number of hydrogen-bond donors (Lipinski definition) is 3. The zero-order valence-corrected chi connectivity index (χ0v) is 12.2. The Morgan fingerprint density at radius 1 is 1.60 bits per heavy atom. The Morgan fingerprint density at radius 2 is 2.40 bits per heavy atom. The van der Waals surface area contributed by atoms with Gasteiger partial charge in [0.05, 0.1) is 6.10 Å². The van der Waals surface area contributed by atoms with E-state index >= 15 is 0 Å². The molecular formula is C13H17N3O3S. The van der Waals surface area contributed by atoms with Crippen LogP contribution in [0.1, 0.15) is 30.0 Å². The molecule has 0 bridgehead atoms. The standard InChI is InChI=1S/C13H17N3O3S/c1-3-11-12(8(2)16-19-11)15-13(18)14-6-10(17)9-4-5-20-7-9/h4-5,7,10,17H,3,6H2,1-2H3,(H2,14,15,18). The molecule has 2 heterocycles. The number of thiophene rings is 1. The molecule has 3 N–H and O–H groups in total. The number of urea groups is 1. The summed E-state index contributed by atoms with van der Waals surface area (Å²) < 4.78 is 5.09. The van der Waals surface area contributed by atoms with Gasteiger partial charge in [-0.3, -0.25) is 0 Å². The molecule has 7 heteroatoms. The quantitative estimate of drug-likeness (QED) is 0.790. The summed E-state index contributed by atoms with van der Waals surface area (Å²) in [4.78, 5) is 11.8. The van der Waals surface area contributed by atoms with Crippen LogP contribution in [0.3, 0.4) is 0 Å².